The van der Waals surface area contributed by atoms with Gasteiger partial charge in [-0.05, 0) is 48.4 Å². The minimum atomic E-state index is -3.45. The molecule has 1 unspecified atom stereocenters. The largest absolute Gasteiger partial charge is 0.374 e. The Morgan fingerprint density at radius 3 is 2.70 bits per heavy atom. The first-order valence-electron chi connectivity index (χ1n) is 13.5. The molecule has 0 fully saturated rings. The SMILES string of the molecule is CCCC(O)Nc1cncc(-c2cc3c(-c4nc5c(-c6cc(F)cc(CNS(C)(=O)=O)c6)nccc5[nH]4)n[nH]c3cn2)c1. The zero-order chi connectivity index (χ0) is 30.1. The molecule has 0 bridgehead atoms. The maximum atomic E-state index is 14.6. The summed E-state index contributed by atoms with van der Waals surface area (Å²) in [6.07, 6.45) is 8.45. The lowest BCUT2D eigenvalue weighted by atomic mass is 10.1. The fourth-order valence-electron chi connectivity index (χ4n) is 4.81. The average Bonchev–Trinajstić information content (AvgIpc) is 3.59. The average molecular weight is 602 g/mol. The highest BCUT2D eigenvalue weighted by atomic mass is 32.2. The molecule has 0 aliphatic heterocycles. The van der Waals surface area contributed by atoms with E-state index in [0.29, 0.717) is 62.7 Å². The fraction of sp³-hybridized carbons (Fsp3) is 0.207. The summed E-state index contributed by atoms with van der Waals surface area (Å²) in [6, 6.07) is 9.81. The van der Waals surface area contributed by atoms with Gasteiger partial charge in [-0.2, -0.15) is 5.10 Å². The third-order valence-corrected chi connectivity index (χ3v) is 7.44. The van der Waals surface area contributed by atoms with Crippen LogP contribution in [0.4, 0.5) is 10.1 Å². The van der Waals surface area contributed by atoms with Gasteiger partial charge in [0.05, 0.1) is 46.8 Å². The van der Waals surface area contributed by atoms with Crippen molar-refractivity contribution >= 4 is 37.6 Å². The molecule has 5 heterocycles. The van der Waals surface area contributed by atoms with E-state index in [0.717, 1.165) is 23.6 Å². The maximum Gasteiger partial charge on any atom is 0.209 e. The number of anilines is 1. The summed E-state index contributed by atoms with van der Waals surface area (Å²) in [5.74, 6) is -0.0523. The first-order chi connectivity index (χ1) is 20.7. The molecule has 6 rings (SSSR count). The number of nitrogens with one attached hydrogen (secondary N) is 4. The van der Waals surface area contributed by atoms with E-state index in [4.69, 9.17) is 4.98 Å². The van der Waals surface area contributed by atoms with E-state index in [9.17, 15) is 17.9 Å². The number of H-pyrrole nitrogens is 2. The van der Waals surface area contributed by atoms with Crippen LogP contribution in [0.25, 0.3) is 56.0 Å². The van der Waals surface area contributed by atoms with Gasteiger partial charge in [0.15, 0.2) is 5.82 Å². The summed E-state index contributed by atoms with van der Waals surface area (Å²) in [4.78, 5) is 21.4. The van der Waals surface area contributed by atoms with Crippen LogP contribution in [0, 0.1) is 5.82 Å². The topological polar surface area (TPSA) is 174 Å². The Bertz CT molecular complexity index is 2060. The van der Waals surface area contributed by atoms with E-state index in [1.165, 1.54) is 12.1 Å². The van der Waals surface area contributed by atoms with Gasteiger partial charge in [0.2, 0.25) is 10.0 Å². The lowest BCUT2D eigenvalue weighted by Crippen LogP contribution is -2.21. The standard InChI is InChI=1S/C29H28FN9O3S/c1-3-4-25(40)35-20-10-18(13-31-14-20)23-11-21-24(15-33-23)38-39-27(21)29-36-22-5-6-32-26(28(22)37-29)17-7-16(8-19(30)9-17)12-34-43(2,41)42/h5-11,13-15,25,34-35,40H,3-4,12H2,1-2H3,(H,36,37)(H,38,39). The molecule has 1 atom stereocenters. The van der Waals surface area contributed by atoms with Crippen molar-refractivity contribution in [3.05, 3.63) is 72.6 Å². The number of rotatable bonds is 10. The summed E-state index contributed by atoms with van der Waals surface area (Å²) in [6.45, 7) is 1.94. The smallest absolute Gasteiger partial charge is 0.209 e. The van der Waals surface area contributed by atoms with Crippen LogP contribution in [0.3, 0.4) is 0 Å². The predicted molar refractivity (Wildman–Crippen MR) is 162 cm³/mol. The molecular weight excluding hydrogens is 573 g/mol. The van der Waals surface area contributed by atoms with E-state index < -0.39 is 22.1 Å². The van der Waals surface area contributed by atoms with E-state index >= 15 is 0 Å². The highest BCUT2D eigenvalue weighted by molar-refractivity contribution is 7.88. The Balaban J connectivity index is 1.37. The quantitative estimate of drug-likeness (QED) is 0.143. The summed E-state index contributed by atoms with van der Waals surface area (Å²) in [5.41, 5.74) is 5.85. The number of benzene rings is 1. The van der Waals surface area contributed by atoms with Crippen LogP contribution in [0.1, 0.15) is 25.3 Å². The lowest BCUT2D eigenvalue weighted by Gasteiger charge is -2.13. The van der Waals surface area contributed by atoms with Gasteiger partial charge >= 0.3 is 0 Å². The number of halogens is 1. The molecular formula is C29H28FN9O3S. The lowest BCUT2D eigenvalue weighted by molar-refractivity contribution is 0.192. The third kappa shape index (κ3) is 6.21. The summed E-state index contributed by atoms with van der Waals surface area (Å²) >= 11 is 0. The fourth-order valence-corrected chi connectivity index (χ4v) is 5.24. The van der Waals surface area contributed by atoms with Crippen LogP contribution in [-0.2, 0) is 16.6 Å². The molecule has 0 radical (unpaired) electrons. The van der Waals surface area contributed by atoms with Crippen molar-refractivity contribution in [3.63, 3.8) is 0 Å². The molecule has 14 heteroatoms. The van der Waals surface area contributed by atoms with Gasteiger partial charge in [0, 0.05) is 35.5 Å². The van der Waals surface area contributed by atoms with Gasteiger partial charge in [-0.25, -0.2) is 22.5 Å². The number of aromatic amines is 2. The second-order valence-corrected chi connectivity index (χ2v) is 12.0. The second kappa shape index (κ2) is 11.5. The van der Waals surface area contributed by atoms with Crippen molar-refractivity contribution in [2.75, 3.05) is 11.6 Å². The summed E-state index contributed by atoms with van der Waals surface area (Å²) < 4.78 is 40.0. The minimum absolute atomic E-state index is 0.0607. The number of aromatic nitrogens is 7. The Labute approximate surface area is 245 Å². The number of hydrogen-bond donors (Lipinski definition) is 5. The third-order valence-electron chi connectivity index (χ3n) is 6.77. The minimum Gasteiger partial charge on any atom is -0.374 e. The van der Waals surface area contributed by atoms with Crippen molar-refractivity contribution < 1.29 is 17.9 Å². The number of hydrogen-bond acceptors (Lipinski definition) is 9. The molecule has 43 heavy (non-hydrogen) atoms. The van der Waals surface area contributed by atoms with Crippen molar-refractivity contribution in [2.45, 2.75) is 32.5 Å². The van der Waals surface area contributed by atoms with E-state index in [1.807, 2.05) is 19.1 Å². The Hall–Kier alpha value is -4.79. The molecule has 0 saturated heterocycles. The van der Waals surface area contributed by atoms with Crippen LogP contribution in [0.5, 0.6) is 0 Å². The summed E-state index contributed by atoms with van der Waals surface area (Å²) in [5, 5.41) is 21.4. The number of aliphatic hydroxyl groups excluding tert-OH is 1. The first kappa shape index (κ1) is 28.3. The zero-order valence-corrected chi connectivity index (χ0v) is 24.1. The Kier molecular flexibility index (Phi) is 7.56. The van der Waals surface area contributed by atoms with Crippen molar-refractivity contribution in [1.29, 1.82) is 0 Å². The number of nitrogens with zero attached hydrogens (tertiary/aromatic N) is 5. The second-order valence-electron chi connectivity index (χ2n) is 10.2. The predicted octanol–water partition coefficient (Wildman–Crippen LogP) is 4.34. The molecule has 0 saturated carbocycles. The van der Waals surface area contributed by atoms with Crippen molar-refractivity contribution in [2.24, 2.45) is 0 Å². The van der Waals surface area contributed by atoms with E-state index in [2.05, 4.69) is 40.2 Å². The first-order valence-corrected chi connectivity index (χ1v) is 15.4. The van der Waals surface area contributed by atoms with Gasteiger partial charge in [0.25, 0.3) is 0 Å². The highest BCUT2D eigenvalue weighted by Crippen LogP contribution is 2.32. The molecule has 220 valence electrons. The molecule has 12 nitrogen and oxygen atoms in total. The van der Waals surface area contributed by atoms with Crippen molar-refractivity contribution in [3.8, 4) is 34.0 Å². The zero-order valence-electron chi connectivity index (χ0n) is 23.3. The van der Waals surface area contributed by atoms with Crippen LogP contribution in [0.15, 0.2) is 61.2 Å². The van der Waals surface area contributed by atoms with Crippen molar-refractivity contribution in [1.82, 2.24) is 39.8 Å². The Morgan fingerprint density at radius 1 is 1.02 bits per heavy atom. The molecule has 0 spiro atoms. The molecule has 5 aromatic heterocycles. The number of fused-ring (bicyclic) bond motifs is 2. The van der Waals surface area contributed by atoms with Gasteiger partial charge in [0.1, 0.15) is 23.3 Å². The molecule has 6 aromatic rings. The van der Waals surface area contributed by atoms with Crippen LogP contribution >= 0.6 is 0 Å². The summed E-state index contributed by atoms with van der Waals surface area (Å²) in [7, 11) is -3.45. The van der Waals surface area contributed by atoms with E-state index in [-0.39, 0.29) is 6.54 Å². The Morgan fingerprint density at radius 2 is 1.88 bits per heavy atom. The highest BCUT2D eigenvalue weighted by Gasteiger charge is 2.18. The molecule has 0 amide bonds. The molecule has 5 N–H and O–H groups in total. The maximum absolute atomic E-state index is 14.6. The van der Waals surface area contributed by atoms with E-state index in [1.54, 1.807) is 36.9 Å². The van der Waals surface area contributed by atoms with Crippen LogP contribution in [0.2, 0.25) is 0 Å². The number of pyridine rings is 3. The normalized spacial score (nSPS) is 12.7. The molecule has 0 aliphatic rings. The van der Waals surface area contributed by atoms with Crippen LogP contribution < -0.4 is 10.0 Å². The van der Waals surface area contributed by atoms with Gasteiger partial charge in [-0.15, -0.1) is 0 Å². The monoisotopic (exact) mass is 601 g/mol. The van der Waals surface area contributed by atoms with Gasteiger partial charge in [-0.1, -0.05) is 13.3 Å². The van der Waals surface area contributed by atoms with Gasteiger partial charge in [-0.3, -0.25) is 20.1 Å². The number of imidazole rings is 1. The number of sulfonamides is 1. The van der Waals surface area contributed by atoms with Crippen LogP contribution in [-0.4, -0.2) is 61.1 Å². The molecule has 1 aromatic carbocycles. The number of aliphatic hydroxyl groups is 1. The molecule has 0 aliphatic carbocycles. The van der Waals surface area contributed by atoms with Gasteiger partial charge < -0.3 is 15.4 Å².